The van der Waals surface area contributed by atoms with Crippen LogP contribution in [0.2, 0.25) is 0 Å². The van der Waals surface area contributed by atoms with E-state index in [2.05, 4.69) is 20.6 Å². The summed E-state index contributed by atoms with van der Waals surface area (Å²) in [6, 6.07) is 5.66. The molecular weight excluding hydrogens is 277 g/mol. The van der Waals surface area contributed by atoms with Crippen LogP contribution in [0, 0.1) is 15.9 Å². The van der Waals surface area contributed by atoms with E-state index in [-0.39, 0.29) is 29.3 Å². The van der Waals surface area contributed by atoms with E-state index in [1.165, 1.54) is 12.1 Å². The van der Waals surface area contributed by atoms with Crippen molar-refractivity contribution in [1.82, 2.24) is 9.97 Å². The highest BCUT2D eigenvalue weighted by atomic mass is 19.1. The van der Waals surface area contributed by atoms with Gasteiger partial charge in [-0.2, -0.15) is 4.98 Å². The number of rotatable bonds is 5. The number of hydrogen-bond acceptors (Lipinski definition) is 6. The highest BCUT2D eigenvalue weighted by Crippen LogP contribution is 2.26. The van der Waals surface area contributed by atoms with Crippen molar-refractivity contribution in [2.75, 3.05) is 17.7 Å². The van der Waals surface area contributed by atoms with Crippen LogP contribution >= 0.6 is 0 Å². The molecule has 2 N–H and O–H groups in total. The summed E-state index contributed by atoms with van der Waals surface area (Å²) in [7, 11) is 1.61. The fraction of sp³-hybridized carbons (Fsp3) is 0.231. The number of aromatic nitrogens is 2. The topological polar surface area (TPSA) is 93.0 Å². The Balaban J connectivity index is 2.31. The highest BCUT2D eigenvalue weighted by Gasteiger charge is 2.19. The second kappa shape index (κ2) is 6.12. The van der Waals surface area contributed by atoms with Crippen molar-refractivity contribution >= 4 is 17.5 Å². The molecule has 21 heavy (non-hydrogen) atoms. The minimum atomic E-state index is -0.569. The number of benzene rings is 1. The number of halogens is 1. The van der Waals surface area contributed by atoms with Gasteiger partial charge in [-0.25, -0.2) is 9.37 Å². The van der Waals surface area contributed by atoms with E-state index in [4.69, 9.17) is 0 Å². The van der Waals surface area contributed by atoms with Gasteiger partial charge in [0.05, 0.1) is 11.0 Å². The largest absolute Gasteiger partial charge is 0.358 e. The number of hydrogen-bond donors (Lipinski definition) is 2. The molecule has 8 heteroatoms. The van der Waals surface area contributed by atoms with Crippen molar-refractivity contribution in [2.24, 2.45) is 0 Å². The predicted octanol–water partition coefficient (Wildman–Crippen LogP) is 2.74. The molecule has 2 aromatic rings. The molecule has 0 fully saturated rings. The molecule has 1 aromatic carbocycles. The van der Waals surface area contributed by atoms with Gasteiger partial charge in [0.1, 0.15) is 12.0 Å². The van der Waals surface area contributed by atoms with Gasteiger partial charge in [-0.15, -0.1) is 0 Å². The smallest absolute Gasteiger partial charge is 0.329 e. The van der Waals surface area contributed by atoms with Crippen LogP contribution in [-0.2, 0) is 0 Å². The molecule has 0 aliphatic rings. The number of nitro groups is 1. The van der Waals surface area contributed by atoms with Gasteiger partial charge >= 0.3 is 5.69 Å². The third kappa shape index (κ3) is 3.41. The van der Waals surface area contributed by atoms with Crippen molar-refractivity contribution in [3.8, 4) is 0 Å². The standard InChI is InChI=1S/C13H14FN5O2/c1-8(9-4-3-5-10(14)6-9)17-12-11(19(20)21)7-16-13(15-2)18-12/h3-8H,1-2H3,(H2,15,16,17,18). The molecule has 1 aromatic heterocycles. The molecule has 0 radical (unpaired) electrons. The maximum absolute atomic E-state index is 13.2. The maximum atomic E-state index is 13.2. The summed E-state index contributed by atoms with van der Waals surface area (Å²) in [5.41, 5.74) is 0.422. The zero-order valence-corrected chi connectivity index (χ0v) is 11.5. The number of anilines is 2. The van der Waals surface area contributed by atoms with Crippen molar-refractivity contribution in [2.45, 2.75) is 13.0 Å². The third-order valence-electron chi connectivity index (χ3n) is 2.89. The zero-order valence-electron chi connectivity index (χ0n) is 11.5. The van der Waals surface area contributed by atoms with Gasteiger partial charge in [-0.3, -0.25) is 10.1 Å². The molecule has 0 aliphatic carbocycles. The van der Waals surface area contributed by atoms with Crippen molar-refractivity contribution in [3.05, 3.63) is 52.0 Å². The fourth-order valence-corrected chi connectivity index (χ4v) is 1.80. The number of nitrogens with one attached hydrogen (secondary N) is 2. The Bertz CT molecular complexity index is 665. The summed E-state index contributed by atoms with van der Waals surface area (Å²) in [6.45, 7) is 1.76. The summed E-state index contributed by atoms with van der Waals surface area (Å²) >= 11 is 0. The minimum Gasteiger partial charge on any atom is -0.358 e. The molecule has 0 amide bonds. The average Bonchev–Trinajstić information content (AvgIpc) is 2.46. The van der Waals surface area contributed by atoms with Gasteiger partial charge in [0.25, 0.3) is 0 Å². The van der Waals surface area contributed by atoms with E-state index in [1.54, 1.807) is 26.1 Å². The summed E-state index contributed by atoms with van der Waals surface area (Å²) < 4.78 is 13.2. The summed E-state index contributed by atoms with van der Waals surface area (Å²) in [5.74, 6) is -0.0279. The van der Waals surface area contributed by atoms with Crippen LogP contribution in [-0.4, -0.2) is 21.9 Å². The van der Waals surface area contributed by atoms with Crippen molar-refractivity contribution in [3.63, 3.8) is 0 Å². The van der Waals surface area contributed by atoms with Crippen LogP contribution in [0.3, 0.4) is 0 Å². The van der Waals surface area contributed by atoms with Crippen LogP contribution in [0.4, 0.5) is 21.8 Å². The highest BCUT2D eigenvalue weighted by molar-refractivity contribution is 5.57. The van der Waals surface area contributed by atoms with Crippen LogP contribution in [0.25, 0.3) is 0 Å². The lowest BCUT2D eigenvalue weighted by Gasteiger charge is -2.15. The van der Waals surface area contributed by atoms with Crippen molar-refractivity contribution in [1.29, 1.82) is 0 Å². The SMILES string of the molecule is CNc1ncc([N+](=O)[O-])c(NC(C)c2cccc(F)c2)n1. The van der Waals surface area contributed by atoms with E-state index < -0.39 is 4.92 Å². The Labute approximate surface area is 120 Å². The molecule has 7 nitrogen and oxygen atoms in total. The molecule has 0 saturated heterocycles. The maximum Gasteiger partial charge on any atom is 0.329 e. The van der Waals surface area contributed by atoms with Crippen LogP contribution in [0.5, 0.6) is 0 Å². The minimum absolute atomic E-state index is 0.0797. The van der Waals surface area contributed by atoms with E-state index in [1.807, 2.05) is 0 Å². The normalized spacial score (nSPS) is 11.8. The molecule has 1 unspecified atom stereocenters. The van der Waals surface area contributed by atoms with Gasteiger partial charge < -0.3 is 10.6 Å². The van der Waals surface area contributed by atoms with Gasteiger partial charge in [0, 0.05) is 7.05 Å². The second-order valence-electron chi connectivity index (χ2n) is 4.36. The lowest BCUT2D eigenvalue weighted by atomic mass is 10.1. The van der Waals surface area contributed by atoms with Crippen LogP contribution < -0.4 is 10.6 Å². The molecule has 0 saturated carbocycles. The summed E-state index contributed by atoms with van der Waals surface area (Å²) in [4.78, 5) is 18.3. The fourth-order valence-electron chi connectivity index (χ4n) is 1.80. The quantitative estimate of drug-likeness (QED) is 0.650. The predicted molar refractivity (Wildman–Crippen MR) is 76.7 cm³/mol. The monoisotopic (exact) mass is 291 g/mol. The summed E-state index contributed by atoms with van der Waals surface area (Å²) in [5, 5.41) is 16.6. The third-order valence-corrected chi connectivity index (χ3v) is 2.89. The molecule has 0 bridgehead atoms. The Morgan fingerprint density at radius 1 is 1.43 bits per heavy atom. The molecule has 110 valence electrons. The molecule has 0 aliphatic heterocycles. The zero-order chi connectivity index (χ0) is 15.4. The first-order valence-electron chi connectivity index (χ1n) is 6.22. The Morgan fingerprint density at radius 2 is 2.19 bits per heavy atom. The van der Waals surface area contributed by atoms with Gasteiger partial charge in [-0.05, 0) is 24.6 Å². The second-order valence-corrected chi connectivity index (χ2v) is 4.36. The molecule has 1 heterocycles. The molecule has 2 rings (SSSR count). The molecule has 0 spiro atoms. The Morgan fingerprint density at radius 3 is 2.81 bits per heavy atom. The van der Waals surface area contributed by atoms with E-state index >= 15 is 0 Å². The summed E-state index contributed by atoms with van der Waals surface area (Å²) in [6.07, 6.45) is 1.12. The van der Waals surface area contributed by atoms with Gasteiger partial charge in [0.15, 0.2) is 0 Å². The average molecular weight is 291 g/mol. The van der Waals surface area contributed by atoms with Gasteiger partial charge in [-0.1, -0.05) is 12.1 Å². The first kappa shape index (κ1) is 14.6. The lowest BCUT2D eigenvalue weighted by Crippen LogP contribution is -2.11. The van der Waals surface area contributed by atoms with E-state index in [9.17, 15) is 14.5 Å². The molecular formula is C13H14FN5O2. The van der Waals surface area contributed by atoms with Crippen LogP contribution in [0.15, 0.2) is 30.5 Å². The lowest BCUT2D eigenvalue weighted by molar-refractivity contribution is -0.384. The Kier molecular flexibility index (Phi) is 4.27. The number of nitrogens with zero attached hydrogens (tertiary/aromatic N) is 3. The Hall–Kier alpha value is -2.77. The van der Waals surface area contributed by atoms with E-state index in [0.717, 1.165) is 6.20 Å². The van der Waals surface area contributed by atoms with E-state index in [0.29, 0.717) is 5.56 Å². The van der Waals surface area contributed by atoms with Crippen LogP contribution in [0.1, 0.15) is 18.5 Å². The van der Waals surface area contributed by atoms with Gasteiger partial charge in [0.2, 0.25) is 11.8 Å². The molecule has 1 atom stereocenters. The first-order chi connectivity index (χ1) is 10.0. The van der Waals surface area contributed by atoms with Crippen molar-refractivity contribution < 1.29 is 9.31 Å². The first-order valence-corrected chi connectivity index (χ1v) is 6.22.